The van der Waals surface area contributed by atoms with E-state index in [1.54, 1.807) is 11.4 Å². The third kappa shape index (κ3) is 4.43. The first kappa shape index (κ1) is 16.3. The molecule has 2 rings (SSSR count). The zero-order valence-corrected chi connectivity index (χ0v) is 13.4. The highest BCUT2D eigenvalue weighted by Crippen LogP contribution is 2.18. The van der Waals surface area contributed by atoms with E-state index in [0.29, 0.717) is 32.5 Å². The van der Waals surface area contributed by atoms with Crippen LogP contribution >= 0.6 is 0 Å². The molecule has 0 aliphatic carbocycles. The van der Waals surface area contributed by atoms with Crippen molar-refractivity contribution in [2.24, 2.45) is 0 Å². The summed E-state index contributed by atoms with van der Waals surface area (Å²) in [6.45, 7) is 3.22. The van der Waals surface area contributed by atoms with Crippen LogP contribution in [0.3, 0.4) is 0 Å². The number of sulfonamides is 1. The molecule has 0 bridgehead atoms. The quantitative estimate of drug-likeness (QED) is 0.802. The van der Waals surface area contributed by atoms with E-state index in [9.17, 15) is 8.42 Å². The van der Waals surface area contributed by atoms with Crippen molar-refractivity contribution in [3.05, 3.63) is 29.8 Å². The summed E-state index contributed by atoms with van der Waals surface area (Å²) in [5.74, 6) is 1.01. The van der Waals surface area contributed by atoms with Gasteiger partial charge in [-0.05, 0) is 24.1 Å². The Balaban J connectivity index is 2.01. The molecule has 1 atom stereocenters. The molecule has 0 radical (unpaired) electrons. The Hall–Kier alpha value is -1.11. The minimum Gasteiger partial charge on any atom is -0.497 e. The predicted octanol–water partition coefficient (Wildman–Crippen LogP) is 1.68. The van der Waals surface area contributed by atoms with Crippen molar-refractivity contribution < 1.29 is 17.9 Å². The second-order valence-corrected chi connectivity index (χ2v) is 7.31. The normalized spacial score (nSPS) is 20.4. The number of methoxy groups -OCH3 is 1. The lowest BCUT2D eigenvalue weighted by atomic mass is 10.1. The van der Waals surface area contributed by atoms with Crippen LogP contribution in [0.4, 0.5) is 0 Å². The number of rotatable bonds is 6. The molecule has 1 aliphatic rings. The van der Waals surface area contributed by atoms with Crippen LogP contribution in [0.25, 0.3) is 0 Å². The summed E-state index contributed by atoms with van der Waals surface area (Å²) in [6, 6.07) is 7.79. The summed E-state index contributed by atoms with van der Waals surface area (Å²) >= 11 is 0. The van der Waals surface area contributed by atoms with Crippen LogP contribution in [-0.2, 0) is 21.2 Å². The van der Waals surface area contributed by atoms with Crippen molar-refractivity contribution in [1.82, 2.24) is 4.31 Å². The van der Waals surface area contributed by atoms with Gasteiger partial charge in [-0.2, -0.15) is 4.31 Å². The summed E-state index contributed by atoms with van der Waals surface area (Å²) < 4.78 is 36.7. The van der Waals surface area contributed by atoms with Crippen LogP contribution < -0.4 is 4.74 Å². The Morgan fingerprint density at radius 1 is 1.43 bits per heavy atom. The van der Waals surface area contributed by atoms with E-state index in [-0.39, 0.29) is 11.9 Å². The van der Waals surface area contributed by atoms with Gasteiger partial charge < -0.3 is 9.47 Å². The van der Waals surface area contributed by atoms with Gasteiger partial charge in [-0.15, -0.1) is 0 Å². The summed E-state index contributed by atoms with van der Waals surface area (Å²) in [5, 5.41) is 0. The largest absolute Gasteiger partial charge is 0.497 e. The molecule has 6 heteroatoms. The predicted molar refractivity (Wildman–Crippen MR) is 82.1 cm³/mol. The lowest BCUT2D eigenvalue weighted by Crippen LogP contribution is -2.47. The van der Waals surface area contributed by atoms with Crippen LogP contribution in [-0.4, -0.2) is 51.4 Å². The van der Waals surface area contributed by atoms with Gasteiger partial charge in [0, 0.05) is 19.5 Å². The average Bonchev–Trinajstić information content (AvgIpc) is 2.48. The van der Waals surface area contributed by atoms with E-state index in [4.69, 9.17) is 9.47 Å². The fraction of sp³-hybridized carbons (Fsp3) is 0.600. The smallest absolute Gasteiger partial charge is 0.214 e. The van der Waals surface area contributed by atoms with Crippen molar-refractivity contribution in [3.8, 4) is 5.75 Å². The van der Waals surface area contributed by atoms with Gasteiger partial charge in [0.2, 0.25) is 10.0 Å². The Labute approximate surface area is 126 Å². The highest BCUT2D eigenvalue weighted by atomic mass is 32.2. The van der Waals surface area contributed by atoms with Crippen LogP contribution in [0.5, 0.6) is 5.75 Å². The lowest BCUT2D eigenvalue weighted by Gasteiger charge is -2.32. The fourth-order valence-corrected chi connectivity index (χ4v) is 4.04. The molecule has 1 aromatic rings. The lowest BCUT2D eigenvalue weighted by molar-refractivity contribution is -0.000497. The van der Waals surface area contributed by atoms with Crippen molar-refractivity contribution in [1.29, 1.82) is 0 Å². The first-order valence-corrected chi connectivity index (χ1v) is 8.88. The number of benzene rings is 1. The molecule has 1 aromatic carbocycles. The Morgan fingerprint density at radius 3 is 2.95 bits per heavy atom. The monoisotopic (exact) mass is 313 g/mol. The molecule has 1 fully saturated rings. The highest BCUT2D eigenvalue weighted by Gasteiger charge is 2.28. The molecule has 1 heterocycles. The molecule has 1 saturated heterocycles. The van der Waals surface area contributed by atoms with Crippen LogP contribution in [0.2, 0.25) is 0 Å². The van der Waals surface area contributed by atoms with E-state index in [2.05, 4.69) is 0 Å². The van der Waals surface area contributed by atoms with Crippen molar-refractivity contribution in [3.63, 3.8) is 0 Å². The molecule has 0 saturated carbocycles. The van der Waals surface area contributed by atoms with Gasteiger partial charge in [-0.1, -0.05) is 19.1 Å². The van der Waals surface area contributed by atoms with E-state index in [1.807, 2.05) is 31.2 Å². The highest BCUT2D eigenvalue weighted by molar-refractivity contribution is 7.89. The molecule has 0 N–H and O–H groups in total. The average molecular weight is 313 g/mol. The minimum atomic E-state index is -3.14. The zero-order chi connectivity index (χ0) is 15.3. The zero-order valence-electron chi connectivity index (χ0n) is 12.6. The van der Waals surface area contributed by atoms with E-state index >= 15 is 0 Å². The van der Waals surface area contributed by atoms with Crippen molar-refractivity contribution >= 4 is 10.0 Å². The first-order valence-electron chi connectivity index (χ1n) is 7.27. The number of nitrogens with zero attached hydrogens (tertiary/aromatic N) is 1. The molecule has 5 nitrogen and oxygen atoms in total. The van der Waals surface area contributed by atoms with E-state index < -0.39 is 10.0 Å². The van der Waals surface area contributed by atoms with Gasteiger partial charge in [0.05, 0.1) is 25.6 Å². The van der Waals surface area contributed by atoms with Gasteiger partial charge in [-0.25, -0.2) is 8.42 Å². The molecular formula is C15H23NO4S. The summed E-state index contributed by atoms with van der Waals surface area (Å²) in [6.07, 6.45) is 1.23. The van der Waals surface area contributed by atoms with Gasteiger partial charge in [0.15, 0.2) is 0 Å². The molecule has 1 aliphatic heterocycles. The molecule has 0 aromatic heterocycles. The van der Waals surface area contributed by atoms with Gasteiger partial charge >= 0.3 is 0 Å². The fourth-order valence-electron chi connectivity index (χ4n) is 2.52. The molecule has 21 heavy (non-hydrogen) atoms. The Bertz CT molecular complexity index is 559. The number of hydrogen-bond donors (Lipinski definition) is 0. The third-order valence-electron chi connectivity index (χ3n) is 3.55. The van der Waals surface area contributed by atoms with Gasteiger partial charge in [0.1, 0.15) is 5.75 Å². The maximum atomic E-state index is 12.1. The van der Waals surface area contributed by atoms with E-state index in [1.165, 1.54) is 0 Å². The SMILES string of the molecule is CCCS(=O)(=O)N1CCOC(Cc2cccc(OC)c2)C1. The first-order chi connectivity index (χ1) is 10.0. The Morgan fingerprint density at radius 2 is 2.24 bits per heavy atom. The third-order valence-corrected chi connectivity index (χ3v) is 5.60. The number of hydrogen-bond acceptors (Lipinski definition) is 4. The summed E-state index contributed by atoms with van der Waals surface area (Å²) in [7, 11) is -1.51. The van der Waals surface area contributed by atoms with Crippen molar-refractivity contribution in [2.45, 2.75) is 25.9 Å². The van der Waals surface area contributed by atoms with Crippen LogP contribution in [0.15, 0.2) is 24.3 Å². The summed E-state index contributed by atoms with van der Waals surface area (Å²) in [5.41, 5.74) is 1.09. The number of morpholine rings is 1. The van der Waals surface area contributed by atoms with Gasteiger partial charge in [0.25, 0.3) is 0 Å². The van der Waals surface area contributed by atoms with Crippen LogP contribution in [0, 0.1) is 0 Å². The van der Waals surface area contributed by atoms with Gasteiger partial charge in [-0.3, -0.25) is 0 Å². The minimum absolute atomic E-state index is 0.0995. The topological polar surface area (TPSA) is 55.8 Å². The molecule has 0 spiro atoms. The maximum absolute atomic E-state index is 12.1. The second kappa shape index (κ2) is 7.24. The van der Waals surface area contributed by atoms with Crippen LogP contribution in [0.1, 0.15) is 18.9 Å². The number of ether oxygens (including phenoxy) is 2. The molecule has 0 amide bonds. The standard InChI is InChI=1S/C15H23NO4S/c1-3-9-21(17,18)16-7-8-20-15(12-16)11-13-5-4-6-14(10-13)19-2/h4-6,10,15H,3,7-9,11-12H2,1-2H3. The molecular weight excluding hydrogens is 290 g/mol. The maximum Gasteiger partial charge on any atom is 0.214 e. The summed E-state index contributed by atoms with van der Waals surface area (Å²) in [4.78, 5) is 0. The van der Waals surface area contributed by atoms with E-state index in [0.717, 1.165) is 11.3 Å². The molecule has 118 valence electrons. The molecule has 1 unspecified atom stereocenters. The Kier molecular flexibility index (Phi) is 5.61. The second-order valence-electron chi connectivity index (χ2n) is 5.22. The van der Waals surface area contributed by atoms with Crippen molar-refractivity contribution in [2.75, 3.05) is 32.6 Å².